The average Bonchev–Trinajstić information content (AvgIpc) is 1.61. The molecule has 0 aromatic carbocycles. The Morgan fingerprint density at radius 3 is 2.50 bits per heavy atom. The van der Waals surface area contributed by atoms with Crippen LogP contribution in [0.25, 0.3) is 0 Å². The summed E-state index contributed by atoms with van der Waals surface area (Å²) in [5.74, 6) is 0. The summed E-state index contributed by atoms with van der Waals surface area (Å²) in [6, 6.07) is 0. The quantitative estimate of drug-likeness (QED) is 0.298. The zero-order valence-electron chi connectivity index (χ0n) is 2.93. The van der Waals surface area contributed by atoms with Gasteiger partial charge in [0.25, 0.3) is 0 Å². The maximum Gasteiger partial charge on any atom is 0.0414 e. The lowest BCUT2D eigenvalue weighted by molar-refractivity contribution is 0.455. The molecule has 0 saturated heterocycles. The summed E-state index contributed by atoms with van der Waals surface area (Å²) in [5, 5.41) is 7.30. The van der Waals surface area contributed by atoms with E-state index < -0.39 is 0 Å². The van der Waals surface area contributed by atoms with E-state index in [1.54, 1.807) is 10.9 Å². The minimum absolute atomic E-state index is 1.80. The molecule has 0 aliphatic rings. The number of halogens is 1. The molecule has 0 aliphatic carbocycles. The van der Waals surface area contributed by atoms with Crippen LogP contribution in [0, 0.1) is 0 Å². The lowest BCUT2D eigenvalue weighted by Crippen LogP contribution is -1.86. The molecule has 0 atom stereocenters. The van der Waals surface area contributed by atoms with E-state index in [4.69, 9.17) is 0 Å². The molecule has 0 spiro atoms. The molecule has 0 aliphatic heterocycles. The van der Waals surface area contributed by atoms with E-state index in [0.29, 0.717) is 0 Å². The SMILES string of the molecule is C=NN/N=N/F. The van der Waals surface area contributed by atoms with Gasteiger partial charge in [0, 0.05) is 12.1 Å². The van der Waals surface area contributed by atoms with Gasteiger partial charge >= 0.3 is 0 Å². The lowest BCUT2D eigenvalue weighted by atomic mass is 11.7. The van der Waals surface area contributed by atoms with Crippen LogP contribution >= 0.6 is 0 Å². The maximum atomic E-state index is 10.5. The molecule has 0 heterocycles. The first-order valence-electron chi connectivity index (χ1n) is 1.13. The van der Waals surface area contributed by atoms with Gasteiger partial charge in [-0.2, -0.15) is 10.6 Å². The van der Waals surface area contributed by atoms with Crippen LogP contribution in [0.15, 0.2) is 15.7 Å². The highest BCUT2D eigenvalue weighted by Crippen LogP contribution is 1.64. The predicted molar refractivity (Wildman–Crippen MR) is 18.6 cm³/mol. The first-order valence-corrected chi connectivity index (χ1v) is 1.13. The molecule has 0 aromatic heterocycles. The smallest absolute Gasteiger partial charge is 0.0414 e. The lowest BCUT2D eigenvalue weighted by Gasteiger charge is -1.73. The van der Waals surface area contributed by atoms with Crippen LogP contribution < -0.4 is 5.53 Å². The van der Waals surface area contributed by atoms with E-state index in [1.165, 1.54) is 0 Å². The topological polar surface area (TPSA) is 49.1 Å². The molecule has 0 aromatic rings. The van der Waals surface area contributed by atoms with Crippen LogP contribution in [-0.4, -0.2) is 6.72 Å². The number of hydrogen-bond donors (Lipinski definition) is 1. The molecule has 5 heteroatoms. The molecule has 6 heavy (non-hydrogen) atoms. The fourth-order valence-electron chi connectivity index (χ4n) is 0.0485. The highest BCUT2D eigenvalue weighted by atomic mass is 19.2. The summed E-state index contributed by atoms with van der Waals surface area (Å²) in [7, 11) is 0. The largest absolute Gasteiger partial charge is 0.178 e. The highest BCUT2D eigenvalue weighted by molar-refractivity contribution is 5.21. The van der Waals surface area contributed by atoms with Crippen molar-refractivity contribution in [1.82, 2.24) is 5.53 Å². The van der Waals surface area contributed by atoms with E-state index in [-0.39, 0.29) is 0 Å². The molecule has 34 valence electrons. The Bertz CT molecular complexity index is 58.6. The minimum atomic E-state index is 1.80. The number of nitrogens with zero attached hydrogens (tertiary/aromatic N) is 3. The third-order valence-corrected chi connectivity index (χ3v) is 0.153. The molecule has 0 fully saturated rings. The van der Waals surface area contributed by atoms with Crippen LogP contribution in [0.4, 0.5) is 4.48 Å². The summed E-state index contributed by atoms with van der Waals surface area (Å²) in [5.41, 5.74) is 1.80. The maximum absolute atomic E-state index is 10.5. The number of hydrazone groups is 1. The van der Waals surface area contributed by atoms with E-state index in [9.17, 15) is 4.48 Å². The second kappa shape index (κ2) is 4.00. The van der Waals surface area contributed by atoms with Crippen LogP contribution in [0.1, 0.15) is 0 Å². The van der Waals surface area contributed by atoms with Crippen molar-refractivity contribution in [3.8, 4) is 0 Å². The van der Waals surface area contributed by atoms with Gasteiger partial charge in [0.15, 0.2) is 0 Å². The second-order valence-electron chi connectivity index (χ2n) is 0.434. The minimum Gasteiger partial charge on any atom is -0.178 e. The van der Waals surface area contributed by atoms with Crippen LogP contribution in [0.2, 0.25) is 0 Å². The van der Waals surface area contributed by atoms with Gasteiger partial charge in [-0.25, -0.2) is 0 Å². The van der Waals surface area contributed by atoms with Gasteiger partial charge in [-0.15, -0.1) is 0 Å². The highest BCUT2D eigenvalue weighted by Gasteiger charge is 1.55. The van der Waals surface area contributed by atoms with Gasteiger partial charge in [0.05, 0.1) is 0 Å². The van der Waals surface area contributed by atoms with Gasteiger partial charge in [0.2, 0.25) is 0 Å². The zero-order chi connectivity index (χ0) is 4.83. The van der Waals surface area contributed by atoms with Crippen molar-refractivity contribution < 1.29 is 4.48 Å². The summed E-state index contributed by atoms with van der Waals surface area (Å²) in [6.07, 6.45) is 0. The van der Waals surface area contributed by atoms with Crippen LogP contribution in [0.5, 0.6) is 0 Å². The summed E-state index contributed by atoms with van der Waals surface area (Å²) in [4.78, 5) is 0. The molecule has 0 unspecified atom stereocenters. The van der Waals surface area contributed by atoms with Gasteiger partial charge in [-0.3, -0.25) is 0 Å². The fraction of sp³-hybridized carbons (Fsp3) is 0. The van der Waals surface area contributed by atoms with Crippen LogP contribution in [-0.2, 0) is 0 Å². The summed E-state index contributed by atoms with van der Waals surface area (Å²) < 4.78 is 10.5. The van der Waals surface area contributed by atoms with Gasteiger partial charge < -0.3 is 0 Å². The molecule has 1 N–H and O–H groups in total. The van der Waals surface area contributed by atoms with E-state index >= 15 is 0 Å². The third-order valence-electron chi connectivity index (χ3n) is 0.153. The fourth-order valence-corrected chi connectivity index (χ4v) is 0.0485. The Morgan fingerprint density at radius 2 is 2.33 bits per heavy atom. The van der Waals surface area contributed by atoms with Crippen molar-refractivity contribution in [3.05, 3.63) is 0 Å². The normalized spacial score (nSPS) is 8.83. The van der Waals surface area contributed by atoms with Gasteiger partial charge in [-0.1, -0.05) is 4.48 Å². The molecular formula is CH3FN4. The predicted octanol–water partition coefficient (Wildman–Crippen LogP) is 0.443. The molecule has 0 amide bonds. The molecule has 0 bridgehead atoms. The van der Waals surface area contributed by atoms with Crippen molar-refractivity contribution in [2.24, 2.45) is 15.7 Å². The number of hydrogen-bond acceptors (Lipinski definition) is 3. The second-order valence-corrected chi connectivity index (χ2v) is 0.434. The Hall–Kier alpha value is -1.00. The Balaban J connectivity index is 2.85. The monoisotopic (exact) mass is 90.0 g/mol. The Labute approximate surface area is 33.7 Å². The molecule has 0 radical (unpaired) electrons. The van der Waals surface area contributed by atoms with Crippen LogP contribution in [0.3, 0.4) is 0 Å². The summed E-state index contributed by atoms with van der Waals surface area (Å²) >= 11 is 0. The number of nitrogens with one attached hydrogen (secondary N) is 1. The van der Waals surface area contributed by atoms with Crippen molar-refractivity contribution in [3.63, 3.8) is 0 Å². The molecular weight excluding hydrogens is 87.0 g/mol. The van der Waals surface area contributed by atoms with Crippen molar-refractivity contribution in [1.29, 1.82) is 0 Å². The molecule has 0 rings (SSSR count). The average molecular weight is 90.1 g/mol. The first-order chi connectivity index (χ1) is 2.91. The van der Waals surface area contributed by atoms with Crippen molar-refractivity contribution in [2.75, 3.05) is 0 Å². The van der Waals surface area contributed by atoms with E-state index in [1.807, 2.05) is 0 Å². The standard InChI is InChI=1S/CH3FN4/c1-3-5-6-4-2/h1H2,(H,4,5). The molecule has 4 nitrogen and oxygen atoms in total. The molecule has 0 saturated carbocycles. The van der Waals surface area contributed by atoms with Gasteiger partial charge in [-0.05, 0) is 5.22 Å². The number of rotatable bonds is 2. The van der Waals surface area contributed by atoms with Crippen molar-refractivity contribution >= 4 is 6.72 Å². The van der Waals surface area contributed by atoms with E-state index in [2.05, 4.69) is 17.0 Å². The third kappa shape index (κ3) is 3.00. The Kier molecular flexibility index (Phi) is 3.33. The van der Waals surface area contributed by atoms with Crippen molar-refractivity contribution in [2.45, 2.75) is 0 Å². The Morgan fingerprint density at radius 1 is 1.67 bits per heavy atom. The zero-order valence-corrected chi connectivity index (χ0v) is 2.93. The van der Waals surface area contributed by atoms with Gasteiger partial charge in [0.1, 0.15) is 0 Å². The van der Waals surface area contributed by atoms with E-state index in [0.717, 1.165) is 0 Å². The first kappa shape index (κ1) is 5.00. The summed E-state index contributed by atoms with van der Waals surface area (Å²) in [6.45, 7) is 2.92.